The van der Waals surface area contributed by atoms with E-state index in [2.05, 4.69) is 4.99 Å². The number of rotatable bonds is 1. The van der Waals surface area contributed by atoms with Crippen LogP contribution in [0.25, 0.3) is 0 Å². The third-order valence-electron chi connectivity index (χ3n) is 2.37. The molecule has 3 heteroatoms. The largest absolute Gasteiger partial charge is 0.235 e. The zero-order chi connectivity index (χ0) is 9.26. The minimum atomic E-state index is -0.0683. The highest BCUT2D eigenvalue weighted by atomic mass is 35.5. The van der Waals surface area contributed by atoms with E-state index in [0.29, 0.717) is 5.02 Å². The number of carbonyl (C=O) groups excluding carboxylic acids is 1. The van der Waals surface area contributed by atoms with Gasteiger partial charge in [-0.05, 0) is 30.0 Å². The molecule has 0 fully saturated rings. The van der Waals surface area contributed by atoms with E-state index in [0.717, 1.165) is 18.4 Å². The second-order valence-corrected chi connectivity index (χ2v) is 3.49. The Balaban J connectivity index is 2.51. The van der Waals surface area contributed by atoms with E-state index in [-0.39, 0.29) is 6.04 Å². The molecular formula is C10H8ClNO. The van der Waals surface area contributed by atoms with Crippen LogP contribution in [0.4, 0.5) is 0 Å². The summed E-state index contributed by atoms with van der Waals surface area (Å²) >= 11 is 6.01. The minimum absolute atomic E-state index is 0.0683. The van der Waals surface area contributed by atoms with Gasteiger partial charge in [-0.2, -0.15) is 4.99 Å². The fourth-order valence-corrected chi connectivity index (χ4v) is 2.12. The predicted molar refractivity (Wildman–Crippen MR) is 50.6 cm³/mol. The van der Waals surface area contributed by atoms with Crippen LogP contribution in [0, 0.1) is 0 Å². The molecule has 0 bridgehead atoms. The molecule has 1 unspecified atom stereocenters. The second kappa shape index (κ2) is 3.33. The van der Waals surface area contributed by atoms with E-state index in [9.17, 15) is 4.79 Å². The Morgan fingerprint density at radius 2 is 2.38 bits per heavy atom. The molecule has 1 aliphatic rings. The average Bonchev–Trinajstić information content (AvgIpc) is 2.51. The van der Waals surface area contributed by atoms with Gasteiger partial charge in [-0.1, -0.05) is 23.7 Å². The van der Waals surface area contributed by atoms with Gasteiger partial charge in [0.2, 0.25) is 6.08 Å². The summed E-state index contributed by atoms with van der Waals surface area (Å²) in [5.74, 6) is 0. The summed E-state index contributed by atoms with van der Waals surface area (Å²) in [5.41, 5.74) is 2.21. The lowest BCUT2D eigenvalue weighted by Crippen LogP contribution is -1.89. The first-order valence-corrected chi connectivity index (χ1v) is 4.55. The molecule has 0 N–H and O–H groups in total. The number of isocyanates is 1. The van der Waals surface area contributed by atoms with Gasteiger partial charge in [-0.15, -0.1) is 0 Å². The molecule has 1 aromatic rings. The predicted octanol–water partition coefficient (Wildman–Crippen LogP) is 2.66. The van der Waals surface area contributed by atoms with Gasteiger partial charge in [0.1, 0.15) is 0 Å². The quantitative estimate of drug-likeness (QED) is 0.498. The highest BCUT2D eigenvalue weighted by Gasteiger charge is 2.23. The number of benzene rings is 1. The third kappa shape index (κ3) is 1.39. The lowest BCUT2D eigenvalue weighted by atomic mass is 10.1. The Morgan fingerprint density at radius 1 is 1.54 bits per heavy atom. The van der Waals surface area contributed by atoms with Crippen molar-refractivity contribution in [2.24, 2.45) is 4.99 Å². The highest BCUT2D eigenvalue weighted by Crippen LogP contribution is 2.38. The molecule has 0 saturated carbocycles. The topological polar surface area (TPSA) is 29.4 Å². The molecule has 0 amide bonds. The molecule has 0 aromatic heterocycles. The summed E-state index contributed by atoms with van der Waals surface area (Å²) in [4.78, 5) is 13.9. The molecule has 0 radical (unpaired) electrons. The lowest BCUT2D eigenvalue weighted by molar-refractivity contribution is 0.557. The molecule has 13 heavy (non-hydrogen) atoms. The van der Waals surface area contributed by atoms with E-state index in [1.807, 2.05) is 18.2 Å². The van der Waals surface area contributed by atoms with Crippen LogP contribution < -0.4 is 0 Å². The summed E-state index contributed by atoms with van der Waals surface area (Å²) in [6.45, 7) is 0. The maximum Gasteiger partial charge on any atom is 0.235 e. The first-order valence-electron chi connectivity index (χ1n) is 4.17. The summed E-state index contributed by atoms with van der Waals surface area (Å²) in [5, 5.41) is 0.707. The van der Waals surface area contributed by atoms with Crippen molar-refractivity contribution < 1.29 is 4.79 Å². The standard InChI is InChI=1S/C10H8ClNO/c11-8-3-1-2-7-4-5-9(10(7)8)12-6-13/h1-3,9H,4-5H2. The van der Waals surface area contributed by atoms with Crippen molar-refractivity contribution >= 4 is 17.7 Å². The van der Waals surface area contributed by atoms with Crippen molar-refractivity contribution in [3.05, 3.63) is 34.3 Å². The summed E-state index contributed by atoms with van der Waals surface area (Å²) in [7, 11) is 0. The van der Waals surface area contributed by atoms with Gasteiger partial charge in [0, 0.05) is 5.02 Å². The van der Waals surface area contributed by atoms with Crippen LogP contribution in [0.5, 0.6) is 0 Å². The molecule has 0 spiro atoms. The van der Waals surface area contributed by atoms with E-state index in [1.54, 1.807) is 6.08 Å². The van der Waals surface area contributed by atoms with Crippen molar-refractivity contribution in [2.45, 2.75) is 18.9 Å². The highest BCUT2D eigenvalue weighted by molar-refractivity contribution is 6.31. The fraction of sp³-hybridized carbons (Fsp3) is 0.300. The van der Waals surface area contributed by atoms with Crippen LogP contribution in [0.2, 0.25) is 5.02 Å². The van der Waals surface area contributed by atoms with Crippen molar-refractivity contribution in [1.29, 1.82) is 0 Å². The van der Waals surface area contributed by atoms with Gasteiger partial charge in [0.05, 0.1) is 6.04 Å². The van der Waals surface area contributed by atoms with Crippen LogP contribution in [-0.4, -0.2) is 6.08 Å². The van der Waals surface area contributed by atoms with Gasteiger partial charge in [-0.25, -0.2) is 4.79 Å². The van der Waals surface area contributed by atoms with Crippen molar-refractivity contribution in [3.8, 4) is 0 Å². The van der Waals surface area contributed by atoms with Crippen LogP contribution in [0.1, 0.15) is 23.6 Å². The molecular weight excluding hydrogens is 186 g/mol. The molecule has 0 saturated heterocycles. The second-order valence-electron chi connectivity index (χ2n) is 3.09. The van der Waals surface area contributed by atoms with Crippen LogP contribution in [0.3, 0.4) is 0 Å². The summed E-state index contributed by atoms with van der Waals surface area (Å²) in [6, 6.07) is 5.72. The molecule has 1 aromatic carbocycles. The maximum absolute atomic E-state index is 10.1. The zero-order valence-electron chi connectivity index (χ0n) is 6.96. The maximum atomic E-state index is 10.1. The first-order chi connectivity index (χ1) is 6.33. The number of nitrogens with zero attached hydrogens (tertiary/aromatic N) is 1. The number of hydrogen-bond acceptors (Lipinski definition) is 2. The van der Waals surface area contributed by atoms with Crippen molar-refractivity contribution in [2.75, 3.05) is 0 Å². The molecule has 66 valence electrons. The zero-order valence-corrected chi connectivity index (χ0v) is 7.71. The number of halogens is 1. The summed E-state index contributed by atoms with van der Waals surface area (Å²) < 4.78 is 0. The Morgan fingerprint density at radius 3 is 3.15 bits per heavy atom. The molecule has 2 nitrogen and oxygen atoms in total. The number of hydrogen-bond donors (Lipinski definition) is 0. The Hall–Kier alpha value is -1.11. The molecule has 0 heterocycles. The van der Waals surface area contributed by atoms with Crippen molar-refractivity contribution in [3.63, 3.8) is 0 Å². The van der Waals surface area contributed by atoms with Crippen molar-refractivity contribution in [1.82, 2.24) is 0 Å². The molecule has 1 atom stereocenters. The van der Waals surface area contributed by atoms with Gasteiger partial charge < -0.3 is 0 Å². The van der Waals surface area contributed by atoms with Crippen LogP contribution in [-0.2, 0) is 11.2 Å². The minimum Gasteiger partial charge on any atom is -0.211 e. The summed E-state index contributed by atoms with van der Waals surface area (Å²) in [6.07, 6.45) is 3.41. The van der Waals surface area contributed by atoms with Gasteiger partial charge in [-0.3, -0.25) is 0 Å². The lowest BCUT2D eigenvalue weighted by Gasteiger charge is -2.05. The number of aliphatic imine (C=N–C) groups is 1. The average molecular weight is 194 g/mol. The third-order valence-corrected chi connectivity index (χ3v) is 2.70. The Kier molecular flexibility index (Phi) is 2.17. The monoisotopic (exact) mass is 193 g/mol. The normalized spacial score (nSPS) is 19.3. The SMILES string of the molecule is O=C=NC1CCc2cccc(Cl)c21. The van der Waals surface area contributed by atoms with E-state index in [4.69, 9.17) is 11.6 Å². The van der Waals surface area contributed by atoms with Gasteiger partial charge in [0.25, 0.3) is 0 Å². The molecule has 2 rings (SSSR count). The molecule has 1 aliphatic carbocycles. The number of fused-ring (bicyclic) bond motifs is 1. The van der Waals surface area contributed by atoms with Gasteiger partial charge >= 0.3 is 0 Å². The van der Waals surface area contributed by atoms with E-state index in [1.165, 1.54) is 5.56 Å². The molecule has 0 aliphatic heterocycles. The van der Waals surface area contributed by atoms with E-state index >= 15 is 0 Å². The first kappa shape index (κ1) is 8.49. The Bertz CT molecular complexity index is 383. The van der Waals surface area contributed by atoms with E-state index < -0.39 is 0 Å². The fourth-order valence-electron chi connectivity index (χ4n) is 1.80. The van der Waals surface area contributed by atoms with Gasteiger partial charge in [0.15, 0.2) is 0 Å². The van der Waals surface area contributed by atoms with Crippen LogP contribution >= 0.6 is 11.6 Å². The van der Waals surface area contributed by atoms with Crippen LogP contribution in [0.15, 0.2) is 23.2 Å². The smallest absolute Gasteiger partial charge is 0.211 e. The Labute approximate surface area is 81.2 Å². The number of aryl methyl sites for hydroxylation is 1.